The molecule has 1 rings (SSSR count). The van der Waals surface area contributed by atoms with Gasteiger partial charge in [0.1, 0.15) is 5.01 Å². The van der Waals surface area contributed by atoms with Crippen LogP contribution < -0.4 is 11.1 Å². The maximum Gasteiger partial charge on any atom is 0.110 e. The molecule has 1 aromatic heterocycles. The van der Waals surface area contributed by atoms with E-state index in [9.17, 15) is 0 Å². The van der Waals surface area contributed by atoms with Gasteiger partial charge < -0.3 is 11.1 Å². The molecular weight excluding hydrogens is 242 g/mol. The van der Waals surface area contributed by atoms with E-state index in [0.717, 1.165) is 30.1 Å². The van der Waals surface area contributed by atoms with E-state index in [0.29, 0.717) is 11.5 Å². The number of nitrogens with one attached hydrogen (secondary N) is 1. The maximum atomic E-state index is 6.14. The van der Waals surface area contributed by atoms with Gasteiger partial charge in [-0.15, -0.1) is 11.3 Å². The Hall–Kier alpha value is -0.450. The summed E-state index contributed by atoms with van der Waals surface area (Å²) in [7, 11) is 0. The Morgan fingerprint density at radius 3 is 2.61 bits per heavy atom. The largest absolute Gasteiger partial charge is 0.328 e. The van der Waals surface area contributed by atoms with Gasteiger partial charge in [0.25, 0.3) is 0 Å². The normalized spacial score (nSPS) is 15.7. The number of aryl methyl sites for hydroxylation is 1. The average Bonchev–Trinajstić information content (AvgIpc) is 2.62. The summed E-state index contributed by atoms with van der Waals surface area (Å²) in [5.41, 5.74) is 7.56. The van der Waals surface area contributed by atoms with Gasteiger partial charge in [-0.05, 0) is 38.6 Å². The minimum absolute atomic E-state index is 0.280. The Bertz CT molecular complexity index is 354. The molecule has 0 bridgehead atoms. The lowest BCUT2D eigenvalue weighted by Crippen LogP contribution is -2.31. The van der Waals surface area contributed by atoms with Gasteiger partial charge in [-0.25, -0.2) is 4.98 Å². The molecule has 0 radical (unpaired) electrons. The third-order valence-corrected chi connectivity index (χ3v) is 3.99. The monoisotopic (exact) mass is 269 g/mol. The molecule has 4 heteroatoms. The van der Waals surface area contributed by atoms with E-state index in [-0.39, 0.29) is 6.04 Å². The van der Waals surface area contributed by atoms with Gasteiger partial charge in [-0.3, -0.25) is 0 Å². The van der Waals surface area contributed by atoms with Crippen LogP contribution in [-0.2, 0) is 0 Å². The van der Waals surface area contributed by atoms with Gasteiger partial charge >= 0.3 is 0 Å². The zero-order valence-corrected chi connectivity index (χ0v) is 13.1. The van der Waals surface area contributed by atoms with Gasteiger partial charge in [0.15, 0.2) is 0 Å². The van der Waals surface area contributed by atoms with Crippen LogP contribution in [0.15, 0.2) is 5.38 Å². The Labute approximate surface area is 115 Å². The van der Waals surface area contributed by atoms with Gasteiger partial charge in [-0.2, -0.15) is 0 Å². The number of rotatable bonds is 6. The molecule has 3 N–H and O–H groups in total. The number of nitrogens with zero attached hydrogens (tertiary/aromatic N) is 1. The average molecular weight is 269 g/mol. The number of hydrogen-bond acceptors (Lipinski definition) is 4. The molecule has 1 heterocycles. The highest BCUT2D eigenvalue weighted by atomic mass is 32.1. The summed E-state index contributed by atoms with van der Waals surface area (Å²) >= 11 is 1.72. The summed E-state index contributed by atoms with van der Waals surface area (Å²) in [6.45, 7) is 11.9. The molecule has 104 valence electrons. The van der Waals surface area contributed by atoms with E-state index in [1.807, 2.05) is 6.92 Å². The molecule has 2 atom stereocenters. The molecule has 0 saturated carbocycles. The predicted molar refractivity (Wildman–Crippen MR) is 79.9 cm³/mol. The van der Waals surface area contributed by atoms with Crippen molar-refractivity contribution in [3.63, 3.8) is 0 Å². The highest BCUT2D eigenvalue weighted by Crippen LogP contribution is 2.21. The molecule has 0 amide bonds. The number of nitrogens with two attached hydrogens (primary N) is 1. The Balaban J connectivity index is 2.25. The summed E-state index contributed by atoms with van der Waals surface area (Å²) in [6.07, 6.45) is 2.09. The zero-order valence-electron chi connectivity index (χ0n) is 12.3. The maximum absolute atomic E-state index is 6.14. The van der Waals surface area contributed by atoms with Crippen molar-refractivity contribution in [1.29, 1.82) is 0 Å². The molecular formula is C14H27N3S. The molecule has 0 aliphatic heterocycles. The third-order valence-electron chi connectivity index (χ3n) is 2.85. The lowest BCUT2D eigenvalue weighted by molar-refractivity contribution is 0.327. The minimum atomic E-state index is 0.280. The molecule has 0 fully saturated rings. The third kappa shape index (κ3) is 5.94. The van der Waals surface area contributed by atoms with Crippen LogP contribution in [0, 0.1) is 12.3 Å². The molecule has 3 nitrogen and oxygen atoms in total. The number of thiazole rings is 1. The van der Waals surface area contributed by atoms with E-state index >= 15 is 0 Å². The van der Waals surface area contributed by atoms with Gasteiger partial charge in [0.05, 0.1) is 6.04 Å². The van der Waals surface area contributed by atoms with E-state index in [2.05, 4.69) is 43.4 Å². The first-order valence-corrected chi connectivity index (χ1v) is 7.57. The van der Waals surface area contributed by atoms with Crippen molar-refractivity contribution < 1.29 is 0 Å². The smallest absolute Gasteiger partial charge is 0.110 e. The van der Waals surface area contributed by atoms with Crippen molar-refractivity contribution in [3.05, 3.63) is 16.1 Å². The van der Waals surface area contributed by atoms with Crippen molar-refractivity contribution in [2.75, 3.05) is 6.54 Å². The Morgan fingerprint density at radius 2 is 2.11 bits per heavy atom. The van der Waals surface area contributed by atoms with Gasteiger partial charge in [0.2, 0.25) is 0 Å². The van der Waals surface area contributed by atoms with Crippen LogP contribution in [-0.4, -0.2) is 17.6 Å². The van der Waals surface area contributed by atoms with Crippen LogP contribution in [0.1, 0.15) is 57.3 Å². The van der Waals surface area contributed by atoms with Gasteiger partial charge in [-0.1, -0.05) is 20.8 Å². The van der Waals surface area contributed by atoms with Crippen LogP contribution in [0.2, 0.25) is 0 Å². The fraction of sp³-hybridized carbons (Fsp3) is 0.786. The molecule has 0 spiro atoms. The van der Waals surface area contributed by atoms with Crippen LogP contribution in [0.3, 0.4) is 0 Å². The summed E-state index contributed by atoms with van der Waals surface area (Å²) in [6, 6.07) is 0.605. The predicted octanol–water partition coefficient (Wildman–Crippen LogP) is 3.26. The Morgan fingerprint density at radius 1 is 1.44 bits per heavy atom. The minimum Gasteiger partial charge on any atom is -0.328 e. The van der Waals surface area contributed by atoms with E-state index in [1.165, 1.54) is 0 Å². The van der Waals surface area contributed by atoms with Crippen molar-refractivity contribution >= 4 is 11.3 Å². The second-order valence-corrected chi connectivity index (χ2v) is 7.21. The number of aromatic nitrogens is 1. The van der Waals surface area contributed by atoms with E-state index in [1.54, 1.807) is 11.3 Å². The first-order chi connectivity index (χ1) is 8.28. The van der Waals surface area contributed by atoms with Crippen molar-refractivity contribution in [2.45, 2.75) is 59.5 Å². The van der Waals surface area contributed by atoms with Crippen molar-refractivity contribution in [3.8, 4) is 0 Å². The van der Waals surface area contributed by atoms with Crippen molar-refractivity contribution in [2.24, 2.45) is 11.1 Å². The molecule has 1 aromatic rings. The highest BCUT2D eigenvalue weighted by Gasteiger charge is 2.16. The van der Waals surface area contributed by atoms with E-state index < -0.39 is 0 Å². The van der Waals surface area contributed by atoms with Crippen LogP contribution in [0.5, 0.6) is 0 Å². The fourth-order valence-corrected chi connectivity index (χ4v) is 2.86. The fourth-order valence-electron chi connectivity index (χ4n) is 2.03. The first kappa shape index (κ1) is 15.6. The molecule has 0 aliphatic rings. The second-order valence-electron chi connectivity index (χ2n) is 6.32. The summed E-state index contributed by atoms with van der Waals surface area (Å²) in [5.74, 6) is 0. The van der Waals surface area contributed by atoms with Gasteiger partial charge in [0, 0.05) is 17.1 Å². The summed E-state index contributed by atoms with van der Waals surface area (Å²) < 4.78 is 0. The van der Waals surface area contributed by atoms with Crippen molar-refractivity contribution in [1.82, 2.24) is 10.3 Å². The lowest BCUT2D eigenvalue weighted by atomic mass is 9.87. The summed E-state index contributed by atoms with van der Waals surface area (Å²) in [4.78, 5) is 4.49. The van der Waals surface area contributed by atoms with Crippen LogP contribution in [0.25, 0.3) is 0 Å². The molecule has 2 unspecified atom stereocenters. The standard InChI is InChI=1S/C14H27N3S/c1-10-9-18-13(17-10)11(2)16-7-6-12(15)8-14(3,4)5/h9,11-12,16H,6-8,15H2,1-5H3. The highest BCUT2D eigenvalue weighted by molar-refractivity contribution is 7.09. The number of hydrogen-bond donors (Lipinski definition) is 2. The Kier molecular flexibility index (Phi) is 5.76. The topological polar surface area (TPSA) is 50.9 Å². The second kappa shape index (κ2) is 6.64. The first-order valence-electron chi connectivity index (χ1n) is 6.69. The van der Waals surface area contributed by atoms with Crippen LogP contribution in [0.4, 0.5) is 0 Å². The van der Waals surface area contributed by atoms with E-state index in [4.69, 9.17) is 5.73 Å². The summed E-state index contributed by atoms with van der Waals surface area (Å²) in [5, 5.41) is 6.76. The molecule has 0 saturated heterocycles. The zero-order chi connectivity index (χ0) is 13.8. The van der Waals surface area contributed by atoms with Crippen LogP contribution >= 0.6 is 11.3 Å². The SMILES string of the molecule is Cc1csc(C(C)NCCC(N)CC(C)(C)C)n1. The molecule has 18 heavy (non-hydrogen) atoms. The molecule has 0 aliphatic carbocycles. The quantitative estimate of drug-likeness (QED) is 0.833. The molecule has 0 aromatic carbocycles. The lowest BCUT2D eigenvalue weighted by Gasteiger charge is -2.23.